The van der Waals surface area contributed by atoms with E-state index in [9.17, 15) is 0 Å². The van der Waals surface area contributed by atoms with Gasteiger partial charge in [0.2, 0.25) is 5.88 Å². The molecule has 0 atom stereocenters. The summed E-state index contributed by atoms with van der Waals surface area (Å²) in [6.45, 7) is 6.31. The molecule has 0 fully saturated rings. The van der Waals surface area contributed by atoms with E-state index >= 15 is 0 Å². The van der Waals surface area contributed by atoms with Gasteiger partial charge in [0.05, 0.1) is 12.9 Å². The molecule has 0 bridgehead atoms. The second-order valence-electron chi connectivity index (χ2n) is 4.51. The molecule has 2 aromatic rings. The Morgan fingerprint density at radius 2 is 2.20 bits per heavy atom. The number of anilines is 1. The Bertz CT molecular complexity index is 512. The summed E-state index contributed by atoms with van der Waals surface area (Å²) in [5.74, 6) is 2.17. The number of hydrogen-bond acceptors (Lipinski definition) is 5. The summed E-state index contributed by atoms with van der Waals surface area (Å²) in [7, 11) is 0. The van der Waals surface area contributed by atoms with Gasteiger partial charge < -0.3 is 14.6 Å². The lowest BCUT2D eigenvalue weighted by Gasteiger charge is -2.09. The van der Waals surface area contributed by atoms with Gasteiger partial charge in [-0.2, -0.15) is 4.98 Å². The van der Waals surface area contributed by atoms with E-state index in [2.05, 4.69) is 24.8 Å². The topological polar surface area (TPSA) is 64.9 Å². The Morgan fingerprint density at radius 1 is 1.30 bits per heavy atom. The van der Waals surface area contributed by atoms with Crippen LogP contribution < -0.4 is 10.1 Å². The summed E-state index contributed by atoms with van der Waals surface area (Å²) in [6.07, 6.45) is 7.80. The van der Waals surface area contributed by atoms with Crippen LogP contribution in [0.3, 0.4) is 0 Å². The largest absolute Gasteiger partial charge is 0.478 e. The maximum atomic E-state index is 5.40. The van der Waals surface area contributed by atoms with Crippen LogP contribution in [0.15, 0.2) is 24.8 Å². The van der Waals surface area contributed by atoms with Crippen molar-refractivity contribution in [1.29, 1.82) is 0 Å². The van der Waals surface area contributed by atoms with Gasteiger partial charge in [0.15, 0.2) is 0 Å². The third kappa shape index (κ3) is 4.53. The Hall–Kier alpha value is -2.11. The number of rotatable bonds is 8. The van der Waals surface area contributed by atoms with Crippen LogP contribution in [0.25, 0.3) is 0 Å². The summed E-state index contributed by atoms with van der Waals surface area (Å²) < 4.78 is 7.49. The highest BCUT2D eigenvalue weighted by molar-refractivity contribution is 5.38. The number of unbranched alkanes of at least 4 members (excludes halogenated alkanes) is 1. The molecule has 6 nitrogen and oxygen atoms in total. The maximum absolute atomic E-state index is 5.40. The van der Waals surface area contributed by atoms with Crippen LogP contribution in [0.5, 0.6) is 5.88 Å². The van der Waals surface area contributed by atoms with Gasteiger partial charge in [-0.15, -0.1) is 0 Å². The van der Waals surface area contributed by atoms with Crippen molar-refractivity contribution in [2.75, 3.05) is 18.5 Å². The van der Waals surface area contributed by atoms with Crippen molar-refractivity contribution >= 4 is 5.82 Å². The van der Waals surface area contributed by atoms with E-state index in [1.165, 1.54) is 0 Å². The van der Waals surface area contributed by atoms with Crippen LogP contribution in [0.4, 0.5) is 5.82 Å². The number of imidazole rings is 1. The number of aromatic nitrogens is 4. The number of aryl methyl sites for hydroxylation is 2. The Kier molecular flexibility index (Phi) is 5.34. The summed E-state index contributed by atoms with van der Waals surface area (Å²) in [6, 6.07) is 1.84. The molecule has 0 unspecified atom stereocenters. The molecule has 0 saturated carbocycles. The molecule has 0 aliphatic heterocycles. The SMILES string of the molecule is CCOc1cc(NCCCCn2ccnc2)nc(C)n1. The van der Waals surface area contributed by atoms with Gasteiger partial charge in [-0.05, 0) is 26.7 Å². The molecule has 0 aromatic carbocycles. The average Bonchev–Trinajstić information content (AvgIpc) is 2.91. The molecular formula is C14H21N5O. The normalized spacial score (nSPS) is 10.5. The minimum absolute atomic E-state index is 0.612. The van der Waals surface area contributed by atoms with E-state index in [0.717, 1.165) is 37.6 Å². The van der Waals surface area contributed by atoms with E-state index in [4.69, 9.17) is 4.74 Å². The lowest BCUT2D eigenvalue weighted by Crippen LogP contribution is -2.07. The molecule has 0 spiro atoms. The van der Waals surface area contributed by atoms with Crippen molar-refractivity contribution in [3.05, 3.63) is 30.6 Å². The van der Waals surface area contributed by atoms with Crippen LogP contribution in [0, 0.1) is 6.92 Å². The van der Waals surface area contributed by atoms with Crippen molar-refractivity contribution < 1.29 is 4.74 Å². The van der Waals surface area contributed by atoms with Gasteiger partial charge in [-0.25, -0.2) is 9.97 Å². The standard InChI is InChI=1S/C14H21N5O/c1-3-20-14-10-13(17-12(2)18-14)16-6-4-5-8-19-9-7-15-11-19/h7,9-11H,3-6,8H2,1-2H3,(H,16,17,18). The van der Waals surface area contributed by atoms with E-state index in [1.807, 2.05) is 32.4 Å². The van der Waals surface area contributed by atoms with Crippen LogP contribution in [-0.4, -0.2) is 32.7 Å². The van der Waals surface area contributed by atoms with Gasteiger partial charge in [-0.3, -0.25) is 0 Å². The fourth-order valence-corrected chi connectivity index (χ4v) is 1.91. The Labute approximate surface area is 119 Å². The molecule has 0 radical (unpaired) electrons. The zero-order chi connectivity index (χ0) is 14.2. The first-order valence-electron chi connectivity index (χ1n) is 6.96. The molecule has 0 aliphatic rings. The molecule has 2 rings (SSSR count). The van der Waals surface area contributed by atoms with Gasteiger partial charge in [0.1, 0.15) is 11.6 Å². The van der Waals surface area contributed by atoms with Crippen LogP contribution in [-0.2, 0) is 6.54 Å². The Morgan fingerprint density at radius 3 is 2.95 bits per heavy atom. The van der Waals surface area contributed by atoms with E-state index in [1.54, 1.807) is 6.20 Å². The van der Waals surface area contributed by atoms with Crippen molar-refractivity contribution in [2.24, 2.45) is 0 Å². The zero-order valence-electron chi connectivity index (χ0n) is 12.0. The summed E-state index contributed by atoms with van der Waals surface area (Å²) in [4.78, 5) is 12.6. The first kappa shape index (κ1) is 14.3. The Balaban J connectivity index is 1.73. The molecule has 0 amide bonds. The minimum atomic E-state index is 0.612. The molecule has 6 heteroatoms. The van der Waals surface area contributed by atoms with Crippen LogP contribution in [0.2, 0.25) is 0 Å². The second kappa shape index (κ2) is 7.47. The van der Waals surface area contributed by atoms with Crippen molar-refractivity contribution in [3.8, 4) is 5.88 Å². The number of ether oxygens (including phenoxy) is 1. The molecular weight excluding hydrogens is 254 g/mol. The maximum Gasteiger partial charge on any atom is 0.218 e. The van der Waals surface area contributed by atoms with E-state index < -0.39 is 0 Å². The summed E-state index contributed by atoms with van der Waals surface area (Å²) in [5.41, 5.74) is 0. The molecule has 20 heavy (non-hydrogen) atoms. The highest BCUT2D eigenvalue weighted by Gasteiger charge is 2.01. The molecule has 0 aliphatic carbocycles. The predicted octanol–water partition coefficient (Wildman–Crippen LogP) is 2.27. The molecule has 108 valence electrons. The van der Waals surface area contributed by atoms with Gasteiger partial charge >= 0.3 is 0 Å². The first-order valence-corrected chi connectivity index (χ1v) is 6.96. The monoisotopic (exact) mass is 275 g/mol. The van der Waals surface area contributed by atoms with Crippen molar-refractivity contribution in [2.45, 2.75) is 33.2 Å². The van der Waals surface area contributed by atoms with Gasteiger partial charge in [-0.1, -0.05) is 0 Å². The van der Waals surface area contributed by atoms with E-state index in [0.29, 0.717) is 12.5 Å². The summed E-state index contributed by atoms with van der Waals surface area (Å²) in [5, 5.41) is 3.31. The number of nitrogens with zero attached hydrogens (tertiary/aromatic N) is 4. The van der Waals surface area contributed by atoms with E-state index in [-0.39, 0.29) is 0 Å². The quantitative estimate of drug-likeness (QED) is 0.749. The summed E-state index contributed by atoms with van der Waals surface area (Å²) >= 11 is 0. The minimum Gasteiger partial charge on any atom is -0.478 e. The van der Waals surface area contributed by atoms with Gasteiger partial charge in [0, 0.05) is 31.5 Å². The van der Waals surface area contributed by atoms with Crippen molar-refractivity contribution in [3.63, 3.8) is 0 Å². The first-order chi connectivity index (χ1) is 9.78. The highest BCUT2D eigenvalue weighted by atomic mass is 16.5. The second-order valence-corrected chi connectivity index (χ2v) is 4.51. The van der Waals surface area contributed by atoms with Crippen LogP contribution in [0.1, 0.15) is 25.6 Å². The third-order valence-electron chi connectivity index (χ3n) is 2.82. The smallest absolute Gasteiger partial charge is 0.218 e. The fourth-order valence-electron chi connectivity index (χ4n) is 1.91. The molecule has 1 N–H and O–H groups in total. The number of hydrogen-bond donors (Lipinski definition) is 1. The average molecular weight is 275 g/mol. The van der Waals surface area contributed by atoms with Gasteiger partial charge in [0.25, 0.3) is 0 Å². The third-order valence-corrected chi connectivity index (χ3v) is 2.82. The predicted molar refractivity (Wildman–Crippen MR) is 77.9 cm³/mol. The fraction of sp³-hybridized carbons (Fsp3) is 0.500. The lowest BCUT2D eigenvalue weighted by atomic mass is 10.3. The van der Waals surface area contributed by atoms with Crippen LogP contribution >= 0.6 is 0 Å². The van der Waals surface area contributed by atoms with Crippen molar-refractivity contribution in [1.82, 2.24) is 19.5 Å². The molecule has 2 aromatic heterocycles. The zero-order valence-corrected chi connectivity index (χ0v) is 12.0. The molecule has 2 heterocycles. The lowest BCUT2D eigenvalue weighted by molar-refractivity contribution is 0.325. The number of nitrogens with one attached hydrogen (secondary N) is 1. The highest BCUT2D eigenvalue weighted by Crippen LogP contribution is 2.13. The molecule has 0 saturated heterocycles.